The number of sulfone groups is 1. The molecule has 6 nitrogen and oxygen atoms in total. The predicted molar refractivity (Wildman–Crippen MR) is 156 cm³/mol. The molecule has 0 unspecified atom stereocenters. The Labute approximate surface area is 231 Å². The third-order valence-electron chi connectivity index (χ3n) is 7.89. The monoisotopic (exact) mass is 553 g/mol. The number of ether oxygens (including phenoxy) is 1. The van der Waals surface area contributed by atoms with Crippen molar-refractivity contribution in [2.45, 2.75) is 72.6 Å². The maximum atomic E-state index is 14.1. The van der Waals surface area contributed by atoms with Crippen molar-refractivity contribution in [3.8, 4) is 5.75 Å². The Balaban J connectivity index is 1.49. The Hall–Kier alpha value is -2.29. The summed E-state index contributed by atoms with van der Waals surface area (Å²) in [5.74, 6) is 0.693. The van der Waals surface area contributed by atoms with Gasteiger partial charge in [-0.25, -0.2) is 8.42 Å². The van der Waals surface area contributed by atoms with E-state index >= 15 is 0 Å². The van der Waals surface area contributed by atoms with Crippen LogP contribution in [0.1, 0.15) is 51.9 Å². The molecule has 0 N–H and O–H groups in total. The van der Waals surface area contributed by atoms with Crippen molar-refractivity contribution >= 4 is 38.2 Å². The highest BCUT2D eigenvalue weighted by Crippen LogP contribution is 2.39. The smallest absolute Gasteiger partial charge is 0.210 e. The fraction of sp³-hybridized carbons (Fsp3) is 0.500. The van der Waals surface area contributed by atoms with Gasteiger partial charge in [0.2, 0.25) is 9.84 Å². The average Bonchev–Trinajstić information content (AvgIpc) is 2.97. The number of hydrogen-bond acceptors (Lipinski definition) is 7. The van der Waals surface area contributed by atoms with Crippen LogP contribution in [0.3, 0.4) is 0 Å². The molecule has 3 heterocycles. The van der Waals surface area contributed by atoms with Gasteiger partial charge in [-0.3, -0.25) is 4.98 Å². The third-order valence-corrected chi connectivity index (χ3v) is 10.4. The lowest BCUT2D eigenvalue weighted by molar-refractivity contribution is 0.141. The summed E-state index contributed by atoms with van der Waals surface area (Å²) in [4.78, 5) is 11.2. The lowest BCUT2D eigenvalue weighted by Gasteiger charge is -2.41. The van der Waals surface area contributed by atoms with Gasteiger partial charge < -0.3 is 14.5 Å². The first-order valence-corrected chi connectivity index (χ1v) is 16.7. The maximum absolute atomic E-state index is 14.1. The van der Waals surface area contributed by atoms with Gasteiger partial charge in [0.15, 0.2) is 0 Å². The van der Waals surface area contributed by atoms with Gasteiger partial charge >= 0.3 is 0 Å². The van der Waals surface area contributed by atoms with E-state index in [0.717, 1.165) is 60.3 Å². The highest BCUT2D eigenvalue weighted by molar-refractivity contribution is 7.98. The average molecular weight is 554 g/mol. The zero-order valence-electron chi connectivity index (χ0n) is 22.6. The number of unbranched alkanes of at least 4 members (excludes halogenated alkanes) is 1. The SMILES string of the molecule is CCCCOc1ccc(S(=O)(=O)c2cnc3ccc(SC)cc3c2N2CCC(N3CCCCC3)CC2)cc1. The third kappa shape index (κ3) is 5.82. The molecule has 8 heteroatoms. The number of anilines is 1. The number of likely N-dealkylation sites (tertiary alicyclic amines) is 1. The van der Waals surface area contributed by atoms with Crippen LogP contribution in [0.2, 0.25) is 0 Å². The topological polar surface area (TPSA) is 62.7 Å². The Bertz CT molecular complexity index is 1330. The summed E-state index contributed by atoms with van der Waals surface area (Å²) in [5.41, 5.74) is 1.63. The summed E-state index contributed by atoms with van der Waals surface area (Å²) in [6.45, 7) is 6.82. The number of piperidine rings is 2. The first-order valence-electron chi connectivity index (χ1n) is 13.9. The van der Waals surface area contributed by atoms with Crippen molar-refractivity contribution in [3.05, 3.63) is 48.7 Å². The van der Waals surface area contributed by atoms with Crippen molar-refractivity contribution in [1.82, 2.24) is 9.88 Å². The molecule has 0 saturated carbocycles. The lowest BCUT2D eigenvalue weighted by atomic mass is 9.99. The fourth-order valence-corrected chi connectivity index (χ4v) is 7.58. The standard InChI is InChI=1S/C30H39N3O3S2/c1-3-4-20-36-24-8-11-26(12-9-24)38(34,35)29-22-31-28-13-10-25(37-2)21-27(28)30(29)33-18-14-23(15-19-33)32-16-6-5-7-17-32/h8-13,21-23H,3-7,14-20H2,1-2H3. The molecule has 1 aromatic heterocycles. The molecule has 0 atom stereocenters. The summed E-state index contributed by atoms with van der Waals surface area (Å²) in [7, 11) is -3.78. The molecule has 204 valence electrons. The second-order valence-electron chi connectivity index (χ2n) is 10.3. The molecule has 5 rings (SSSR count). The van der Waals surface area contributed by atoms with Crippen LogP contribution in [0.4, 0.5) is 5.69 Å². The van der Waals surface area contributed by atoms with Crippen LogP contribution in [-0.2, 0) is 9.84 Å². The number of pyridine rings is 1. The van der Waals surface area contributed by atoms with Gasteiger partial charge in [-0.05, 0) is 93.9 Å². The molecule has 0 spiro atoms. The van der Waals surface area contributed by atoms with Gasteiger partial charge in [-0.15, -0.1) is 11.8 Å². The second-order valence-corrected chi connectivity index (χ2v) is 13.1. The molecule has 2 fully saturated rings. The van der Waals surface area contributed by atoms with Crippen LogP contribution in [0, 0.1) is 0 Å². The van der Waals surface area contributed by atoms with E-state index in [-0.39, 0.29) is 4.90 Å². The minimum absolute atomic E-state index is 0.270. The molecule has 2 aliphatic heterocycles. The van der Waals surface area contributed by atoms with E-state index in [1.165, 1.54) is 32.4 Å². The summed E-state index contributed by atoms with van der Waals surface area (Å²) in [6.07, 6.45) is 11.6. The van der Waals surface area contributed by atoms with Crippen molar-refractivity contribution in [3.63, 3.8) is 0 Å². The van der Waals surface area contributed by atoms with Gasteiger partial charge in [0, 0.05) is 35.6 Å². The molecule has 2 saturated heterocycles. The van der Waals surface area contributed by atoms with Crippen LogP contribution >= 0.6 is 11.8 Å². The Morgan fingerprint density at radius 3 is 2.42 bits per heavy atom. The van der Waals surface area contributed by atoms with Gasteiger partial charge in [0.05, 0.1) is 22.7 Å². The molecule has 0 bridgehead atoms. The van der Waals surface area contributed by atoms with Crippen LogP contribution in [-0.4, -0.2) is 63.4 Å². The molecule has 2 aliphatic rings. The summed E-state index contributed by atoms with van der Waals surface area (Å²) in [6, 6.07) is 13.6. The van der Waals surface area contributed by atoms with Crippen molar-refractivity contribution < 1.29 is 13.2 Å². The molecule has 0 aliphatic carbocycles. The second kappa shape index (κ2) is 12.3. The first-order chi connectivity index (χ1) is 18.5. The van der Waals surface area contributed by atoms with Crippen molar-refractivity contribution in [2.75, 3.05) is 43.9 Å². The van der Waals surface area contributed by atoms with Crippen LogP contribution in [0.15, 0.2) is 63.3 Å². The van der Waals surface area contributed by atoms with E-state index < -0.39 is 9.84 Å². The fourth-order valence-electron chi connectivity index (χ4n) is 5.70. The number of nitrogens with zero attached hydrogens (tertiary/aromatic N) is 3. The first kappa shape index (κ1) is 27.3. The number of aromatic nitrogens is 1. The largest absolute Gasteiger partial charge is 0.494 e. The van der Waals surface area contributed by atoms with Crippen LogP contribution < -0.4 is 9.64 Å². The molecule has 3 aromatic rings. The molecule has 0 amide bonds. The van der Waals surface area contributed by atoms with E-state index in [1.54, 1.807) is 42.2 Å². The van der Waals surface area contributed by atoms with Crippen molar-refractivity contribution in [1.29, 1.82) is 0 Å². The molecular formula is C30H39N3O3S2. The Morgan fingerprint density at radius 1 is 1.00 bits per heavy atom. The quantitative estimate of drug-likeness (QED) is 0.224. The summed E-state index contributed by atoms with van der Waals surface area (Å²) < 4.78 is 33.9. The molecule has 38 heavy (non-hydrogen) atoms. The zero-order valence-corrected chi connectivity index (χ0v) is 24.2. The van der Waals surface area contributed by atoms with Gasteiger partial charge in [-0.2, -0.15) is 0 Å². The predicted octanol–water partition coefficient (Wildman–Crippen LogP) is 6.42. The molecular weight excluding hydrogens is 514 g/mol. The van der Waals surface area contributed by atoms with Gasteiger partial charge in [0.1, 0.15) is 10.6 Å². The van der Waals surface area contributed by atoms with Crippen LogP contribution in [0.5, 0.6) is 5.75 Å². The molecule has 0 radical (unpaired) electrons. The number of hydrogen-bond donors (Lipinski definition) is 0. The van der Waals surface area contributed by atoms with E-state index in [9.17, 15) is 8.42 Å². The lowest BCUT2D eigenvalue weighted by Crippen LogP contribution is -2.47. The van der Waals surface area contributed by atoms with Crippen molar-refractivity contribution in [2.24, 2.45) is 0 Å². The molecule has 2 aromatic carbocycles. The minimum Gasteiger partial charge on any atom is -0.494 e. The minimum atomic E-state index is -3.78. The Kier molecular flexibility index (Phi) is 8.81. The number of rotatable bonds is 9. The summed E-state index contributed by atoms with van der Waals surface area (Å²) in [5, 5.41) is 0.911. The maximum Gasteiger partial charge on any atom is 0.210 e. The highest BCUT2D eigenvalue weighted by atomic mass is 32.2. The summed E-state index contributed by atoms with van der Waals surface area (Å²) >= 11 is 1.66. The highest BCUT2D eigenvalue weighted by Gasteiger charge is 2.31. The normalized spacial score (nSPS) is 17.7. The van der Waals surface area contributed by atoms with E-state index in [1.807, 2.05) is 12.3 Å². The van der Waals surface area contributed by atoms with Gasteiger partial charge in [0.25, 0.3) is 0 Å². The van der Waals surface area contributed by atoms with E-state index in [4.69, 9.17) is 4.74 Å². The number of benzene rings is 2. The number of thioether (sulfide) groups is 1. The van der Waals surface area contributed by atoms with Gasteiger partial charge in [-0.1, -0.05) is 19.8 Å². The van der Waals surface area contributed by atoms with E-state index in [2.05, 4.69) is 33.8 Å². The zero-order chi connectivity index (χ0) is 26.5. The van der Waals surface area contributed by atoms with Crippen LogP contribution in [0.25, 0.3) is 10.9 Å². The van der Waals surface area contributed by atoms with E-state index in [0.29, 0.717) is 23.3 Å². The number of fused-ring (bicyclic) bond motifs is 1. The Morgan fingerprint density at radius 2 is 1.74 bits per heavy atom.